The summed E-state index contributed by atoms with van der Waals surface area (Å²) in [4.78, 5) is 0. The fourth-order valence-corrected chi connectivity index (χ4v) is 2.63. The van der Waals surface area contributed by atoms with Gasteiger partial charge in [-0.1, -0.05) is 47.7 Å². The summed E-state index contributed by atoms with van der Waals surface area (Å²) < 4.78 is 14.8. The van der Waals surface area contributed by atoms with Crippen LogP contribution in [0.25, 0.3) is 27.7 Å². The summed E-state index contributed by atoms with van der Waals surface area (Å²) in [5.74, 6) is 0.0375. The fraction of sp³-hybridized carbons (Fsp3) is 0. The van der Waals surface area contributed by atoms with E-state index in [1.807, 2.05) is 42.5 Å². The number of fused-ring (bicyclic) bond motifs is 1. The maximum Gasteiger partial charge on any atom is 0.155 e. The van der Waals surface area contributed by atoms with Gasteiger partial charge in [-0.2, -0.15) is 4.68 Å². The zero-order valence-corrected chi connectivity index (χ0v) is 12.1. The lowest BCUT2D eigenvalue weighted by molar-refractivity contribution is 0.625. The van der Waals surface area contributed by atoms with Crippen LogP contribution in [0.1, 0.15) is 0 Å². The Morgan fingerprint density at radius 1 is 0.870 bits per heavy atom. The van der Waals surface area contributed by atoms with E-state index in [1.54, 1.807) is 12.1 Å². The SMILES string of the molecule is Nc1c(-c2ccc3ccccc3c2)nnn1-c1cccc(F)c1. The number of nitrogens with zero attached hydrogens (tertiary/aromatic N) is 3. The van der Waals surface area contributed by atoms with Crippen LogP contribution in [-0.4, -0.2) is 15.0 Å². The third kappa shape index (κ3) is 2.32. The minimum Gasteiger partial charge on any atom is -0.382 e. The van der Waals surface area contributed by atoms with E-state index in [1.165, 1.54) is 16.8 Å². The molecule has 0 saturated heterocycles. The van der Waals surface area contributed by atoms with E-state index in [0.717, 1.165) is 16.3 Å². The summed E-state index contributed by atoms with van der Waals surface area (Å²) in [6.45, 7) is 0. The molecule has 0 aliphatic rings. The summed E-state index contributed by atoms with van der Waals surface area (Å²) in [7, 11) is 0. The van der Waals surface area contributed by atoms with E-state index in [-0.39, 0.29) is 5.82 Å². The average Bonchev–Trinajstić information content (AvgIpc) is 2.96. The molecule has 0 unspecified atom stereocenters. The van der Waals surface area contributed by atoms with E-state index < -0.39 is 0 Å². The molecule has 1 heterocycles. The van der Waals surface area contributed by atoms with Crippen LogP contribution in [0.3, 0.4) is 0 Å². The van der Waals surface area contributed by atoms with Gasteiger partial charge in [-0.05, 0) is 35.0 Å². The Morgan fingerprint density at radius 3 is 2.52 bits per heavy atom. The molecule has 0 bridgehead atoms. The highest BCUT2D eigenvalue weighted by Crippen LogP contribution is 2.28. The number of benzene rings is 3. The zero-order valence-electron chi connectivity index (χ0n) is 12.1. The topological polar surface area (TPSA) is 56.7 Å². The zero-order chi connectivity index (χ0) is 15.8. The first-order valence-corrected chi connectivity index (χ1v) is 7.19. The lowest BCUT2D eigenvalue weighted by Crippen LogP contribution is -2.02. The maximum absolute atomic E-state index is 13.4. The molecule has 0 aliphatic carbocycles. The molecule has 0 amide bonds. The summed E-state index contributed by atoms with van der Waals surface area (Å²) in [5.41, 5.74) is 8.18. The van der Waals surface area contributed by atoms with Gasteiger partial charge >= 0.3 is 0 Å². The van der Waals surface area contributed by atoms with Crippen molar-refractivity contribution in [1.29, 1.82) is 0 Å². The minimum absolute atomic E-state index is 0.343. The summed E-state index contributed by atoms with van der Waals surface area (Å²) in [6, 6.07) is 20.2. The van der Waals surface area contributed by atoms with E-state index >= 15 is 0 Å². The Morgan fingerprint density at radius 2 is 1.70 bits per heavy atom. The Hall–Kier alpha value is -3.21. The second-order valence-corrected chi connectivity index (χ2v) is 5.28. The highest BCUT2D eigenvalue weighted by Gasteiger charge is 2.13. The van der Waals surface area contributed by atoms with Gasteiger partial charge < -0.3 is 5.73 Å². The van der Waals surface area contributed by atoms with Gasteiger partial charge in [-0.15, -0.1) is 5.10 Å². The first kappa shape index (κ1) is 13.5. The molecule has 2 N–H and O–H groups in total. The number of halogens is 1. The van der Waals surface area contributed by atoms with E-state index in [2.05, 4.69) is 10.3 Å². The standard InChI is InChI=1S/C18H13FN4/c19-15-6-3-7-16(11-15)23-18(20)17(21-22-23)14-9-8-12-4-1-2-5-13(12)10-14/h1-11H,20H2. The first-order valence-electron chi connectivity index (χ1n) is 7.19. The van der Waals surface area contributed by atoms with Crippen molar-refractivity contribution in [2.24, 2.45) is 0 Å². The number of nitrogen functional groups attached to an aromatic ring is 1. The van der Waals surface area contributed by atoms with E-state index in [9.17, 15) is 4.39 Å². The average molecular weight is 304 g/mol. The largest absolute Gasteiger partial charge is 0.382 e. The summed E-state index contributed by atoms with van der Waals surface area (Å²) in [5, 5.41) is 10.5. The highest BCUT2D eigenvalue weighted by atomic mass is 19.1. The molecule has 4 aromatic rings. The van der Waals surface area contributed by atoms with Crippen molar-refractivity contribution in [2.45, 2.75) is 0 Å². The number of hydrogen-bond donors (Lipinski definition) is 1. The van der Waals surface area contributed by atoms with Crippen molar-refractivity contribution in [3.63, 3.8) is 0 Å². The number of rotatable bonds is 2. The lowest BCUT2D eigenvalue weighted by atomic mass is 10.1. The number of aromatic nitrogens is 3. The van der Waals surface area contributed by atoms with Crippen LogP contribution in [0.5, 0.6) is 0 Å². The molecule has 4 nitrogen and oxygen atoms in total. The van der Waals surface area contributed by atoms with E-state index in [4.69, 9.17) is 5.73 Å². The van der Waals surface area contributed by atoms with Crippen molar-refractivity contribution in [1.82, 2.24) is 15.0 Å². The van der Waals surface area contributed by atoms with Gasteiger partial charge in [0.15, 0.2) is 5.82 Å². The second kappa shape index (κ2) is 5.21. The quantitative estimate of drug-likeness (QED) is 0.612. The predicted molar refractivity (Wildman–Crippen MR) is 88.7 cm³/mol. The van der Waals surface area contributed by atoms with Crippen molar-refractivity contribution >= 4 is 16.6 Å². The van der Waals surface area contributed by atoms with Crippen molar-refractivity contribution in [3.05, 3.63) is 72.5 Å². The molecule has 0 atom stereocenters. The van der Waals surface area contributed by atoms with Gasteiger partial charge in [0.25, 0.3) is 0 Å². The van der Waals surface area contributed by atoms with Crippen LogP contribution in [0.15, 0.2) is 66.7 Å². The lowest BCUT2D eigenvalue weighted by Gasteiger charge is -2.04. The number of nitrogens with two attached hydrogens (primary N) is 1. The number of hydrogen-bond acceptors (Lipinski definition) is 3. The smallest absolute Gasteiger partial charge is 0.155 e. The molecule has 1 aromatic heterocycles. The van der Waals surface area contributed by atoms with Crippen molar-refractivity contribution in [3.8, 4) is 16.9 Å². The maximum atomic E-state index is 13.4. The molecule has 5 heteroatoms. The molecule has 4 rings (SSSR count). The summed E-state index contributed by atoms with van der Waals surface area (Å²) in [6.07, 6.45) is 0. The van der Waals surface area contributed by atoms with Crippen LogP contribution in [0.2, 0.25) is 0 Å². The van der Waals surface area contributed by atoms with Crippen LogP contribution in [0.4, 0.5) is 10.2 Å². The fourth-order valence-electron chi connectivity index (χ4n) is 2.63. The van der Waals surface area contributed by atoms with Gasteiger partial charge in [0.1, 0.15) is 11.5 Å². The molecular formula is C18H13FN4. The minimum atomic E-state index is -0.343. The molecule has 0 spiro atoms. The van der Waals surface area contributed by atoms with Crippen molar-refractivity contribution < 1.29 is 4.39 Å². The van der Waals surface area contributed by atoms with Gasteiger partial charge in [0.2, 0.25) is 0 Å². The highest BCUT2D eigenvalue weighted by molar-refractivity contribution is 5.88. The Balaban J connectivity index is 1.83. The molecule has 112 valence electrons. The Bertz CT molecular complexity index is 1010. The molecule has 23 heavy (non-hydrogen) atoms. The first-order chi connectivity index (χ1) is 11.2. The van der Waals surface area contributed by atoms with E-state index in [0.29, 0.717) is 17.2 Å². The normalized spacial score (nSPS) is 11.0. The Kier molecular flexibility index (Phi) is 3.05. The molecule has 0 aliphatic heterocycles. The molecule has 0 radical (unpaired) electrons. The van der Waals surface area contributed by atoms with Crippen LogP contribution >= 0.6 is 0 Å². The number of anilines is 1. The Labute approximate surface area is 132 Å². The van der Waals surface area contributed by atoms with Gasteiger partial charge in [-0.25, -0.2) is 4.39 Å². The van der Waals surface area contributed by atoms with Crippen LogP contribution in [-0.2, 0) is 0 Å². The summed E-state index contributed by atoms with van der Waals surface area (Å²) >= 11 is 0. The van der Waals surface area contributed by atoms with Crippen molar-refractivity contribution in [2.75, 3.05) is 5.73 Å². The molecule has 3 aromatic carbocycles. The monoisotopic (exact) mass is 304 g/mol. The molecular weight excluding hydrogens is 291 g/mol. The molecule has 0 saturated carbocycles. The third-order valence-corrected chi connectivity index (χ3v) is 3.78. The predicted octanol–water partition coefficient (Wildman–Crippen LogP) is 3.81. The third-order valence-electron chi connectivity index (χ3n) is 3.78. The molecule has 0 fully saturated rings. The van der Waals surface area contributed by atoms with Gasteiger partial charge in [0, 0.05) is 5.56 Å². The van der Waals surface area contributed by atoms with Crippen LogP contribution < -0.4 is 5.73 Å². The van der Waals surface area contributed by atoms with Gasteiger partial charge in [-0.3, -0.25) is 0 Å². The van der Waals surface area contributed by atoms with Gasteiger partial charge in [0.05, 0.1) is 5.69 Å². The second-order valence-electron chi connectivity index (χ2n) is 5.28. The van der Waals surface area contributed by atoms with Crippen LogP contribution in [0, 0.1) is 5.82 Å².